The van der Waals surface area contributed by atoms with Crippen LogP contribution >= 0.6 is 39.1 Å². The summed E-state index contributed by atoms with van der Waals surface area (Å²) in [4.78, 5) is 18.0. The van der Waals surface area contributed by atoms with E-state index in [4.69, 9.17) is 23.2 Å². The highest BCUT2D eigenvalue weighted by atomic mass is 79.9. The maximum Gasteiger partial charge on any atom is 0.266 e. The van der Waals surface area contributed by atoms with E-state index in [-0.39, 0.29) is 5.56 Å². The van der Waals surface area contributed by atoms with Gasteiger partial charge in [0, 0.05) is 4.47 Å². The fourth-order valence-electron chi connectivity index (χ4n) is 2.93. The quantitative estimate of drug-likeness (QED) is 0.336. The van der Waals surface area contributed by atoms with Crippen LogP contribution in [0.2, 0.25) is 10.0 Å². The Morgan fingerprint density at radius 2 is 1.54 bits per heavy atom. The summed E-state index contributed by atoms with van der Waals surface area (Å²) in [7, 11) is 0. The van der Waals surface area contributed by atoms with Crippen molar-refractivity contribution in [2.75, 3.05) is 0 Å². The molecule has 138 valence electrons. The molecule has 4 rings (SSSR count). The van der Waals surface area contributed by atoms with Gasteiger partial charge in [-0.25, -0.2) is 4.98 Å². The van der Waals surface area contributed by atoms with Crippen LogP contribution in [0, 0.1) is 0 Å². The molecular weight excluding hydrogens is 459 g/mol. The van der Waals surface area contributed by atoms with Crippen molar-refractivity contribution < 1.29 is 0 Å². The summed E-state index contributed by atoms with van der Waals surface area (Å²) in [5, 5.41) is 1.26. The topological polar surface area (TPSA) is 34.9 Å². The first-order valence-electron chi connectivity index (χ1n) is 8.44. The molecule has 0 unspecified atom stereocenters. The van der Waals surface area contributed by atoms with E-state index in [9.17, 15) is 4.79 Å². The minimum atomic E-state index is -0.226. The van der Waals surface area contributed by atoms with Crippen LogP contribution in [0.3, 0.4) is 0 Å². The third kappa shape index (κ3) is 3.63. The van der Waals surface area contributed by atoms with Crippen molar-refractivity contribution in [1.82, 2.24) is 9.55 Å². The molecule has 3 aromatic carbocycles. The van der Waals surface area contributed by atoms with E-state index in [1.165, 1.54) is 4.57 Å². The zero-order valence-corrected chi connectivity index (χ0v) is 17.5. The van der Waals surface area contributed by atoms with Gasteiger partial charge in [0.25, 0.3) is 5.56 Å². The average molecular weight is 472 g/mol. The van der Waals surface area contributed by atoms with Crippen molar-refractivity contribution in [3.05, 3.63) is 103 Å². The minimum Gasteiger partial charge on any atom is -0.268 e. The van der Waals surface area contributed by atoms with E-state index in [0.717, 1.165) is 10.0 Å². The number of fused-ring (bicyclic) bond motifs is 1. The smallest absolute Gasteiger partial charge is 0.266 e. The van der Waals surface area contributed by atoms with Crippen molar-refractivity contribution in [2.45, 2.75) is 0 Å². The molecule has 3 nitrogen and oxygen atoms in total. The van der Waals surface area contributed by atoms with Gasteiger partial charge in [0.2, 0.25) is 0 Å². The van der Waals surface area contributed by atoms with Gasteiger partial charge in [-0.3, -0.25) is 9.36 Å². The van der Waals surface area contributed by atoms with E-state index >= 15 is 0 Å². The van der Waals surface area contributed by atoms with E-state index in [2.05, 4.69) is 20.9 Å². The molecule has 1 heterocycles. The fourth-order valence-corrected chi connectivity index (χ4v) is 3.76. The Morgan fingerprint density at radius 3 is 2.25 bits per heavy atom. The number of hydrogen-bond acceptors (Lipinski definition) is 2. The van der Waals surface area contributed by atoms with Crippen LogP contribution in [-0.2, 0) is 0 Å². The van der Waals surface area contributed by atoms with E-state index in [1.807, 2.05) is 42.5 Å². The Labute approximate surface area is 180 Å². The molecule has 0 radical (unpaired) electrons. The number of rotatable bonds is 3. The van der Waals surface area contributed by atoms with Crippen LogP contribution in [0.15, 0.2) is 76.0 Å². The van der Waals surface area contributed by atoms with E-state index in [0.29, 0.717) is 32.5 Å². The third-order valence-electron chi connectivity index (χ3n) is 4.26. The molecule has 0 bridgehead atoms. The Balaban J connectivity index is 1.99. The van der Waals surface area contributed by atoms with E-state index < -0.39 is 0 Å². The molecule has 0 aliphatic carbocycles. The van der Waals surface area contributed by atoms with Crippen molar-refractivity contribution in [2.24, 2.45) is 0 Å². The second kappa shape index (κ2) is 7.92. The summed E-state index contributed by atoms with van der Waals surface area (Å²) >= 11 is 16.2. The lowest BCUT2D eigenvalue weighted by atomic mass is 10.2. The molecule has 0 N–H and O–H groups in total. The minimum absolute atomic E-state index is 0.226. The molecule has 1 aromatic heterocycles. The van der Waals surface area contributed by atoms with Gasteiger partial charge < -0.3 is 0 Å². The van der Waals surface area contributed by atoms with E-state index in [1.54, 1.807) is 36.4 Å². The molecule has 0 aliphatic heterocycles. The van der Waals surface area contributed by atoms with Gasteiger partial charge in [0.05, 0.1) is 26.6 Å². The molecule has 4 aromatic rings. The summed E-state index contributed by atoms with van der Waals surface area (Å²) in [5.41, 5.74) is 1.78. The van der Waals surface area contributed by atoms with Crippen LogP contribution in [0.4, 0.5) is 0 Å². The number of para-hydroxylation sites is 2. The number of halogens is 3. The summed E-state index contributed by atoms with van der Waals surface area (Å²) in [6, 6.07) is 20.2. The van der Waals surface area contributed by atoms with Crippen molar-refractivity contribution in [1.29, 1.82) is 0 Å². The second-order valence-electron chi connectivity index (χ2n) is 6.08. The molecule has 0 spiro atoms. The lowest BCUT2D eigenvalue weighted by Crippen LogP contribution is -2.23. The Kier molecular flexibility index (Phi) is 5.36. The first-order chi connectivity index (χ1) is 13.5. The van der Waals surface area contributed by atoms with Gasteiger partial charge in [-0.15, -0.1) is 0 Å². The van der Waals surface area contributed by atoms with Gasteiger partial charge in [-0.2, -0.15) is 0 Å². The zero-order chi connectivity index (χ0) is 19.7. The standard InChI is InChI=1S/C22H13BrCl2N2O/c23-15-11-8-14(9-12-15)10-13-20-26-19-7-2-1-4-16(19)22(28)27(20)21-17(24)5-3-6-18(21)25/h1-13H/b13-10+. The van der Waals surface area contributed by atoms with Crippen LogP contribution in [0.5, 0.6) is 0 Å². The molecule has 0 saturated heterocycles. The Morgan fingerprint density at radius 1 is 0.857 bits per heavy atom. The van der Waals surface area contributed by atoms with Gasteiger partial charge >= 0.3 is 0 Å². The van der Waals surface area contributed by atoms with Crippen LogP contribution in [0.25, 0.3) is 28.7 Å². The maximum absolute atomic E-state index is 13.3. The molecule has 0 fully saturated rings. The van der Waals surface area contributed by atoms with Crippen LogP contribution in [-0.4, -0.2) is 9.55 Å². The first-order valence-corrected chi connectivity index (χ1v) is 9.99. The molecule has 28 heavy (non-hydrogen) atoms. The highest BCUT2D eigenvalue weighted by Crippen LogP contribution is 2.29. The normalized spacial score (nSPS) is 11.4. The van der Waals surface area contributed by atoms with Gasteiger partial charge in [0.1, 0.15) is 5.82 Å². The highest BCUT2D eigenvalue weighted by Gasteiger charge is 2.16. The summed E-state index contributed by atoms with van der Waals surface area (Å²) in [5.74, 6) is 0.446. The van der Waals surface area contributed by atoms with Gasteiger partial charge in [-0.1, -0.05) is 75.5 Å². The third-order valence-corrected chi connectivity index (χ3v) is 5.40. The maximum atomic E-state index is 13.3. The summed E-state index contributed by atoms with van der Waals surface area (Å²) in [6.07, 6.45) is 3.68. The monoisotopic (exact) mass is 470 g/mol. The largest absolute Gasteiger partial charge is 0.268 e. The second-order valence-corrected chi connectivity index (χ2v) is 7.81. The molecule has 0 amide bonds. The SMILES string of the molecule is O=c1c2ccccc2nc(/C=C/c2ccc(Br)cc2)n1-c1c(Cl)cccc1Cl. The summed E-state index contributed by atoms with van der Waals surface area (Å²) < 4.78 is 2.45. The lowest BCUT2D eigenvalue weighted by molar-refractivity contribution is 0.944. The number of nitrogens with zero attached hydrogens (tertiary/aromatic N) is 2. The predicted octanol–water partition coefficient (Wildman–Crippen LogP) is 6.63. The van der Waals surface area contributed by atoms with Crippen molar-refractivity contribution in [3.63, 3.8) is 0 Å². The van der Waals surface area contributed by atoms with Crippen molar-refractivity contribution >= 4 is 62.2 Å². The number of benzene rings is 3. The van der Waals surface area contributed by atoms with Crippen LogP contribution < -0.4 is 5.56 Å². The van der Waals surface area contributed by atoms with Gasteiger partial charge in [-0.05, 0) is 48.0 Å². The molecular formula is C22H13BrCl2N2O. The predicted molar refractivity (Wildman–Crippen MR) is 120 cm³/mol. The van der Waals surface area contributed by atoms with Crippen molar-refractivity contribution in [3.8, 4) is 5.69 Å². The molecule has 0 atom stereocenters. The first kappa shape index (κ1) is 18.9. The summed E-state index contributed by atoms with van der Waals surface area (Å²) in [6.45, 7) is 0. The average Bonchev–Trinajstić information content (AvgIpc) is 2.69. The lowest BCUT2D eigenvalue weighted by Gasteiger charge is -2.14. The fraction of sp³-hybridized carbons (Fsp3) is 0. The van der Waals surface area contributed by atoms with Crippen LogP contribution in [0.1, 0.15) is 11.4 Å². The van der Waals surface area contributed by atoms with Gasteiger partial charge in [0.15, 0.2) is 0 Å². The molecule has 0 aliphatic rings. The Bertz CT molecular complexity index is 1240. The number of aromatic nitrogens is 2. The molecule has 6 heteroatoms. The Hall–Kier alpha value is -2.40. The zero-order valence-electron chi connectivity index (χ0n) is 14.4. The number of hydrogen-bond donors (Lipinski definition) is 0. The molecule has 0 saturated carbocycles. The highest BCUT2D eigenvalue weighted by molar-refractivity contribution is 9.10.